The van der Waals surface area contributed by atoms with Gasteiger partial charge in [-0.2, -0.15) is 0 Å². The van der Waals surface area contributed by atoms with Crippen LogP contribution in [-0.2, 0) is 27.1 Å². The Kier molecular flexibility index (Phi) is 12.2. The molecule has 3 aromatic heterocycles. The van der Waals surface area contributed by atoms with Gasteiger partial charge in [-0.15, -0.1) is 0 Å². The lowest BCUT2D eigenvalue weighted by molar-refractivity contribution is -0.599. The lowest BCUT2D eigenvalue weighted by atomic mass is 9.78. The first-order valence-electron chi connectivity index (χ1n) is 25.8. The number of nitrogens with zero attached hydrogens (tertiary/aromatic N) is 4. The fourth-order valence-corrected chi connectivity index (χ4v) is 10.1. The van der Waals surface area contributed by atoms with Crippen LogP contribution in [0, 0.1) is 6.33 Å². The van der Waals surface area contributed by atoms with Gasteiger partial charge in [-0.25, -0.2) is 4.98 Å². The third kappa shape index (κ3) is 9.54. The highest BCUT2D eigenvalue weighted by molar-refractivity contribution is 6.10. The molecule has 0 unspecified atom stereocenters. The van der Waals surface area contributed by atoms with Crippen molar-refractivity contribution in [2.24, 2.45) is 0 Å². The fraction of sp³-hybridized carbons (Fsp3) is 0.265. The van der Waals surface area contributed by atoms with E-state index in [1.54, 1.807) is 0 Å². The molecule has 368 valence electrons. The molecule has 73 heavy (non-hydrogen) atoms. The molecule has 0 aliphatic carbocycles. The molecule has 0 atom stereocenters. The predicted octanol–water partition coefficient (Wildman–Crippen LogP) is 17.0. The van der Waals surface area contributed by atoms with Gasteiger partial charge >= 0.3 is 0 Å². The van der Waals surface area contributed by atoms with Crippen LogP contribution >= 0.6 is 0 Å². The Morgan fingerprint density at radius 3 is 1.63 bits per heavy atom. The van der Waals surface area contributed by atoms with E-state index in [0.717, 1.165) is 61.9 Å². The number of imidazole rings is 1. The monoisotopic (exact) mass is 959 g/mol. The highest BCUT2D eigenvalue weighted by atomic mass is 16.5. The molecule has 10 rings (SSSR count). The van der Waals surface area contributed by atoms with E-state index in [0.29, 0.717) is 0 Å². The lowest BCUT2D eigenvalue weighted by Gasteiger charge is -2.27. The minimum Gasteiger partial charge on any atom is -0.458 e. The Hall–Kier alpha value is -7.50. The van der Waals surface area contributed by atoms with Crippen molar-refractivity contribution in [2.75, 3.05) is 0 Å². The van der Waals surface area contributed by atoms with Crippen LogP contribution in [0.2, 0.25) is 0 Å². The van der Waals surface area contributed by atoms with Crippen molar-refractivity contribution in [3.05, 3.63) is 234 Å². The lowest BCUT2D eigenvalue weighted by Crippen LogP contribution is -2.30. The first-order valence-corrected chi connectivity index (χ1v) is 25.8. The molecule has 0 fully saturated rings. The van der Waals surface area contributed by atoms with Crippen molar-refractivity contribution in [3.63, 3.8) is 0 Å². The van der Waals surface area contributed by atoms with E-state index in [1.165, 1.54) is 38.8 Å². The second-order valence-corrected chi connectivity index (χ2v) is 24.2. The molecule has 7 aromatic carbocycles. The van der Waals surface area contributed by atoms with Crippen molar-refractivity contribution in [2.45, 2.75) is 117 Å². The van der Waals surface area contributed by atoms with Crippen LogP contribution < -0.4 is 9.30 Å². The van der Waals surface area contributed by atoms with E-state index >= 15 is 0 Å². The molecule has 0 N–H and O–H groups in total. The number of rotatable bonds is 10. The molecule has 5 heteroatoms. The van der Waals surface area contributed by atoms with Gasteiger partial charge in [0.05, 0.1) is 28.1 Å². The summed E-state index contributed by atoms with van der Waals surface area (Å²) in [6.07, 6.45) is 8.02. The molecule has 0 saturated heterocycles. The maximum absolute atomic E-state index is 7.20. The minimum absolute atomic E-state index is 0.0441. The minimum atomic E-state index is -0.376. The molecule has 5 nitrogen and oxygen atoms in total. The maximum atomic E-state index is 7.20. The summed E-state index contributed by atoms with van der Waals surface area (Å²) >= 11 is 0. The third-order valence-corrected chi connectivity index (χ3v) is 15.1. The van der Waals surface area contributed by atoms with Gasteiger partial charge < -0.3 is 4.74 Å². The molecule has 0 spiro atoms. The molecule has 3 heterocycles. The fourth-order valence-electron chi connectivity index (χ4n) is 10.1. The summed E-state index contributed by atoms with van der Waals surface area (Å²) in [6.45, 7) is 29.7. The first-order chi connectivity index (χ1) is 34.6. The van der Waals surface area contributed by atoms with Crippen molar-refractivity contribution in [1.29, 1.82) is 0 Å². The Bertz CT molecular complexity index is 3600. The van der Waals surface area contributed by atoms with Crippen molar-refractivity contribution < 1.29 is 9.30 Å². The summed E-state index contributed by atoms with van der Waals surface area (Å²) in [6, 6.07) is 63.7. The van der Waals surface area contributed by atoms with E-state index in [4.69, 9.17) is 9.72 Å². The zero-order chi connectivity index (χ0) is 51.7. The van der Waals surface area contributed by atoms with Crippen LogP contribution in [0.1, 0.15) is 129 Å². The SMILES string of the molecule is CC(C)(C)c1cc(-[n+]2[c-]n(-c3cc(Oc4ccc5c6cc(C(C)(C)c7ccccc7)ccc6n(-c6cc(C(C)(C)C)ccn6)c5c4)cc(C(C)(C)c4ccccc4)c3)c(-c3ccccc3)c2)cc(C(C)(C)C)c1. The zero-order valence-electron chi connectivity index (χ0n) is 45.1. The van der Waals surface area contributed by atoms with Gasteiger partial charge in [-0.1, -0.05) is 193 Å². The normalized spacial score (nSPS) is 12.7. The smallest absolute Gasteiger partial charge is 0.269 e. The highest BCUT2D eigenvalue weighted by Gasteiger charge is 2.28. The quantitative estimate of drug-likeness (QED) is 0.101. The Morgan fingerprint density at radius 2 is 1.03 bits per heavy atom. The summed E-state index contributed by atoms with van der Waals surface area (Å²) in [5.41, 5.74) is 14.2. The number of aromatic nitrogens is 4. The molecule has 0 radical (unpaired) electrons. The summed E-state index contributed by atoms with van der Waals surface area (Å²) in [5, 5.41) is 2.31. The average Bonchev–Trinajstić information content (AvgIpc) is 3.96. The van der Waals surface area contributed by atoms with Gasteiger partial charge in [0.15, 0.2) is 0 Å². The van der Waals surface area contributed by atoms with Gasteiger partial charge in [0.1, 0.15) is 17.3 Å². The van der Waals surface area contributed by atoms with Gasteiger partial charge in [0, 0.05) is 40.1 Å². The van der Waals surface area contributed by atoms with E-state index in [1.807, 2.05) is 6.20 Å². The Balaban J connectivity index is 1.17. The zero-order valence-corrected chi connectivity index (χ0v) is 45.1. The van der Waals surface area contributed by atoms with Crippen LogP contribution in [0.4, 0.5) is 0 Å². The molecule has 0 aliphatic heterocycles. The first kappa shape index (κ1) is 49.1. The topological polar surface area (TPSA) is 35.9 Å². The Morgan fingerprint density at radius 1 is 0.438 bits per heavy atom. The molecule has 0 amide bonds. The van der Waals surface area contributed by atoms with E-state index in [2.05, 4.69) is 292 Å². The largest absolute Gasteiger partial charge is 0.458 e. The summed E-state index contributed by atoms with van der Waals surface area (Å²) in [5.74, 6) is 2.34. The van der Waals surface area contributed by atoms with Crippen molar-refractivity contribution in [3.8, 4) is 39.9 Å². The number of ether oxygens (including phenoxy) is 1. The summed E-state index contributed by atoms with van der Waals surface area (Å²) < 4.78 is 13.9. The van der Waals surface area contributed by atoms with E-state index < -0.39 is 0 Å². The van der Waals surface area contributed by atoms with Crippen LogP contribution in [0.25, 0.3) is 50.3 Å². The number of pyridine rings is 1. The van der Waals surface area contributed by atoms with Crippen molar-refractivity contribution in [1.82, 2.24) is 14.1 Å². The summed E-state index contributed by atoms with van der Waals surface area (Å²) in [7, 11) is 0. The van der Waals surface area contributed by atoms with E-state index in [-0.39, 0.29) is 27.1 Å². The summed E-state index contributed by atoms with van der Waals surface area (Å²) in [4.78, 5) is 5.04. The van der Waals surface area contributed by atoms with Gasteiger partial charge in [0.25, 0.3) is 6.33 Å². The second-order valence-electron chi connectivity index (χ2n) is 24.2. The second kappa shape index (κ2) is 18.2. The Labute approximate surface area is 433 Å². The van der Waals surface area contributed by atoms with E-state index in [9.17, 15) is 0 Å². The average molecular weight is 959 g/mol. The van der Waals surface area contributed by atoms with Gasteiger partial charge in [0.2, 0.25) is 0 Å². The number of benzene rings is 7. The standard InChI is InChI=1S/C68H70N4O/c1-64(2,3)49-33-34-69-63(41-49)72-60-32-29-50(67(10,11)47-25-19-15-20-26-47)40-59(60)58-31-30-56(43-61(58)72)73-57-39-53(68(12,13)48-27-21-16-22-28-48)38-55(42-57)71-45-70(44-62(71)46-23-17-14-18-24-46)54-36-51(65(4,5)6)35-52(37-54)66(7,8)9/h14-44H,1-13H3. The van der Waals surface area contributed by atoms with Crippen LogP contribution in [0.15, 0.2) is 188 Å². The van der Waals surface area contributed by atoms with Crippen LogP contribution in [0.5, 0.6) is 11.5 Å². The highest BCUT2D eigenvalue weighted by Crippen LogP contribution is 2.42. The molecule has 0 aliphatic rings. The maximum Gasteiger partial charge on any atom is 0.269 e. The number of hydrogen-bond donors (Lipinski definition) is 0. The third-order valence-electron chi connectivity index (χ3n) is 15.1. The molecule has 10 aromatic rings. The predicted molar refractivity (Wildman–Crippen MR) is 303 cm³/mol. The van der Waals surface area contributed by atoms with Gasteiger partial charge in [-0.3, -0.25) is 13.7 Å². The van der Waals surface area contributed by atoms with Crippen LogP contribution in [0.3, 0.4) is 0 Å². The molecule has 0 saturated carbocycles. The molecule has 0 bridgehead atoms. The number of hydrogen-bond acceptors (Lipinski definition) is 2. The molecular formula is C68H70N4O. The molecular weight excluding hydrogens is 889 g/mol. The number of fused-ring (bicyclic) bond motifs is 3. The van der Waals surface area contributed by atoms with Crippen molar-refractivity contribution >= 4 is 21.8 Å². The van der Waals surface area contributed by atoms with Crippen LogP contribution in [-0.4, -0.2) is 14.1 Å². The van der Waals surface area contributed by atoms with Gasteiger partial charge in [-0.05, 0) is 127 Å².